The predicted octanol–water partition coefficient (Wildman–Crippen LogP) is 3.29. The van der Waals surface area contributed by atoms with Crippen molar-refractivity contribution in [1.82, 2.24) is 0 Å². The molecule has 0 aliphatic carbocycles. The number of primary amides is 1. The lowest BCUT2D eigenvalue weighted by Gasteiger charge is -2.12. The number of carbonyl (C=O) groups excluding carboxylic acids is 2. The first-order valence-corrected chi connectivity index (χ1v) is 9.36. The molecule has 0 atom stereocenters. The lowest BCUT2D eigenvalue weighted by atomic mass is 10.1. The second-order valence-electron chi connectivity index (χ2n) is 5.19. The van der Waals surface area contributed by atoms with Crippen molar-refractivity contribution in [3.63, 3.8) is 0 Å². The first-order chi connectivity index (χ1) is 11.6. The number of amides is 3. The minimum absolute atomic E-state index is 0.395. The highest BCUT2D eigenvalue weighted by atomic mass is 32.2. The van der Waals surface area contributed by atoms with E-state index in [0.717, 1.165) is 15.3 Å². The molecule has 0 spiro atoms. The summed E-state index contributed by atoms with van der Waals surface area (Å²) in [6.07, 6.45) is 2.60. The second-order valence-corrected chi connectivity index (χ2v) is 7.17. The summed E-state index contributed by atoms with van der Waals surface area (Å²) in [5, 5.41) is 5.98. The van der Waals surface area contributed by atoms with Crippen LogP contribution in [0.15, 0.2) is 29.2 Å². The molecule has 4 N–H and O–H groups in total. The number of ether oxygens (including phenoxy) is 1. The third kappa shape index (κ3) is 3.55. The van der Waals surface area contributed by atoms with Gasteiger partial charge in [-0.15, -0.1) is 23.1 Å². The molecule has 0 unspecified atom stereocenters. The third-order valence-corrected chi connectivity index (χ3v) is 5.47. The number of thiophene rings is 1. The maximum Gasteiger partial charge on any atom is 0.324 e. The number of nitrogens with two attached hydrogens (primary N) is 1. The topological polar surface area (TPSA) is 93.5 Å². The Morgan fingerprint density at radius 3 is 2.92 bits per heavy atom. The van der Waals surface area contributed by atoms with Crippen LogP contribution in [-0.2, 0) is 17.8 Å². The molecule has 0 saturated carbocycles. The van der Waals surface area contributed by atoms with Crippen molar-refractivity contribution in [1.29, 1.82) is 0 Å². The van der Waals surface area contributed by atoms with E-state index in [1.54, 1.807) is 11.8 Å². The number of rotatable bonds is 4. The van der Waals surface area contributed by atoms with E-state index in [-0.39, 0.29) is 0 Å². The van der Waals surface area contributed by atoms with Crippen LogP contribution in [0.3, 0.4) is 0 Å². The molecular weight excluding hydrogens is 346 g/mol. The number of hydrogen-bond acceptors (Lipinski definition) is 5. The highest BCUT2D eigenvalue weighted by molar-refractivity contribution is 7.98. The Bertz CT molecular complexity index is 789. The zero-order chi connectivity index (χ0) is 17.1. The number of fused-ring (bicyclic) bond motifs is 1. The minimum Gasteiger partial charge on any atom is -0.376 e. The molecule has 1 aliphatic rings. The Kier molecular flexibility index (Phi) is 5.08. The van der Waals surface area contributed by atoms with Gasteiger partial charge in [0.1, 0.15) is 5.00 Å². The van der Waals surface area contributed by atoms with E-state index in [1.165, 1.54) is 11.3 Å². The normalized spacial score (nSPS) is 13.2. The Morgan fingerprint density at radius 2 is 2.17 bits per heavy atom. The zero-order valence-corrected chi connectivity index (χ0v) is 14.7. The van der Waals surface area contributed by atoms with Crippen molar-refractivity contribution in [3.05, 3.63) is 40.3 Å². The molecule has 2 aromatic rings. The molecule has 126 valence electrons. The van der Waals surface area contributed by atoms with Crippen LogP contribution in [-0.4, -0.2) is 24.8 Å². The molecule has 3 amide bonds. The molecule has 24 heavy (non-hydrogen) atoms. The van der Waals surface area contributed by atoms with Crippen molar-refractivity contribution in [3.8, 4) is 0 Å². The summed E-state index contributed by atoms with van der Waals surface area (Å²) in [5.74, 6) is -0.533. The summed E-state index contributed by atoms with van der Waals surface area (Å²) in [6, 6.07) is 7.12. The molecule has 0 saturated heterocycles. The molecule has 2 heterocycles. The summed E-state index contributed by atoms with van der Waals surface area (Å²) < 4.78 is 5.40. The summed E-state index contributed by atoms with van der Waals surface area (Å²) in [4.78, 5) is 26.0. The number of hydrogen-bond donors (Lipinski definition) is 3. The van der Waals surface area contributed by atoms with Gasteiger partial charge < -0.3 is 15.8 Å². The zero-order valence-electron chi connectivity index (χ0n) is 13.0. The van der Waals surface area contributed by atoms with Gasteiger partial charge in [0, 0.05) is 15.5 Å². The Labute approximate surface area is 147 Å². The van der Waals surface area contributed by atoms with Crippen LogP contribution >= 0.6 is 23.1 Å². The SMILES string of the molecule is CSc1cccc(NC(=O)Nc2sc3c(c2C(N)=O)CCOC3)c1. The molecule has 0 fully saturated rings. The van der Waals surface area contributed by atoms with E-state index < -0.39 is 11.9 Å². The first kappa shape index (κ1) is 16.8. The fraction of sp³-hybridized carbons (Fsp3) is 0.250. The first-order valence-electron chi connectivity index (χ1n) is 7.32. The fourth-order valence-electron chi connectivity index (χ4n) is 2.55. The van der Waals surface area contributed by atoms with Gasteiger partial charge >= 0.3 is 6.03 Å². The van der Waals surface area contributed by atoms with Gasteiger partial charge in [0.2, 0.25) is 0 Å². The molecular formula is C16H17N3O3S2. The number of benzene rings is 1. The maximum absolute atomic E-state index is 12.3. The van der Waals surface area contributed by atoms with Gasteiger partial charge in [-0.3, -0.25) is 10.1 Å². The molecule has 1 aromatic heterocycles. The molecule has 1 aliphatic heterocycles. The van der Waals surface area contributed by atoms with E-state index in [1.807, 2.05) is 30.5 Å². The van der Waals surface area contributed by atoms with Crippen LogP contribution in [0.25, 0.3) is 0 Å². The second kappa shape index (κ2) is 7.25. The molecule has 3 rings (SSSR count). The number of anilines is 2. The van der Waals surface area contributed by atoms with Crippen LogP contribution in [0.4, 0.5) is 15.5 Å². The van der Waals surface area contributed by atoms with Gasteiger partial charge in [0.25, 0.3) is 5.91 Å². The van der Waals surface area contributed by atoms with E-state index in [2.05, 4.69) is 10.6 Å². The maximum atomic E-state index is 12.3. The number of nitrogens with one attached hydrogen (secondary N) is 2. The summed E-state index contributed by atoms with van der Waals surface area (Å²) in [6.45, 7) is 0.997. The Hall–Kier alpha value is -2.03. The summed E-state index contributed by atoms with van der Waals surface area (Å²) >= 11 is 2.93. The lowest BCUT2D eigenvalue weighted by molar-refractivity contribution is 0.0991. The average molecular weight is 363 g/mol. The Balaban J connectivity index is 1.79. The van der Waals surface area contributed by atoms with Gasteiger partial charge in [0.15, 0.2) is 0 Å². The van der Waals surface area contributed by atoms with Crippen LogP contribution in [0, 0.1) is 0 Å². The molecule has 8 heteroatoms. The molecule has 0 radical (unpaired) electrons. The fourth-order valence-corrected chi connectivity index (χ4v) is 4.19. The van der Waals surface area contributed by atoms with Crippen molar-refractivity contribution >= 4 is 45.7 Å². The number of thioether (sulfide) groups is 1. The quantitative estimate of drug-likeness (QED) is 0.727. The number of urea groups is 1. The van der Waals surface area contributed by atoms with Crippen LogP contribution in [0.1, 0.15) is 20.8 Å². The van der Waals surface area contributed by atoms with Crippen molar-refractivity contribution < 1.29 is 14.3 Å². The van der Waals surface area contributed by atoms with E-state index >= 15 is 0 Å². The third-order valence-electron chi connectivity index (χ3n) is 3.62. The van der Waals surface area contributed by atoms with Crippen molar-refractivity contribution in [2.75, 3.05) is 23.5 Å². The number of carbonyl (C=O) groups is 2. The van der Waals surface area contributed by atoms with Crippen molar-refractivity contribution in [2.45, 2.75) is 17.9 Å². The average Bonchev–Trinajstić information content (AvgIpc) is 2.92. The van der Waals surface area contributed by atoms with Crippen LogP contribution in [0.2, 0.25) is 0 Å². The summed E-state index contributed by atoms with van der Waals surface area (Å²) in [5.41, 5.74) is 7.47. The summed E-state index contributed by atoms with van der Waals surface area (Å²) in [7, 11) is 0. The van der Waals surface area contributed by atoms with Crippen molar-refractivity contribution in [2.24, 2.45) is 5.73 Å². The van der Waals surface area contributed by atoms with E-state index in [4.69, 9.17) is 10.5 Å². The highest BCUT2D eigenvalue weighted by Crippen LogP contribution is 2.36. The highest BCUT2D eigenvalue weighted by Gasteiger charge is 2.25. The minimum atomic E-state index is -0.533. The largest absolute Gasteiger partial charge is 0.376 e. The molecule has 1 aromatic carbocycles. The van der Waals surface area contributed by atoms with Crippen LogP contribution < -0.4 is 16.4 Å². The van der Waals surface area contributed by atoms with E-state index in [0.29, 0.717) is 35.9 Å². The molecule has 0 bridgehead atoms. The standard InChI is InChI=1S/C16H17N3O3S2/c1-23-10-4-2-3-9(7-10)18-16(21)19-15-13(14(17)20)11-5-6-22-8-12(11)24-15/h2-4,7H,5-6,8H2,1H3,(H2,17,20)(H2,18,19,21). The van der Waals surface area contributed by atoms with Gasteiger partial charge in [-0.05, 0) is 36.4 Å². The lowest BCUT2D eigenvalue weighted by Crippen LogP contribution is -2.22. The Morgan fingerprint density at radius 1 is 1.33 bits per heavy atom. The van der Waals surface area contributed by atoms with E-state index in [9.17, 15) is 9.59 Å². The van der Waals surface area contributed by atoms with Gasteiger partial charge in [0.05, 0.1) is 18.8 Å². The monoisotopic (exact) mass is 363 g/mol. The molecule has 6 nitrogen and oxygen atoms in total. The van der Waals surface area contributed by atoms with Crippen LogP contribution in [0.5, 0.6) is 0 Å². The van der Waals surface area contributed by atoms with Gasteiger partial charge in [-0.2, -0.15) is 0 Å². The smallest absolute Gasteiger partial charge is 0.324 e. The predicted molar refractivity (Wildman–Crippen MR) is 97.1 cm³/mol. The van der Waals surface area contributed by atoms with Gasteiger partial charge in [-0.25, -0.2) is 4.79 Å². The van der Waals surface area contributed by atoms with Gasteiger partial charge in [-0.1, -0.05) is 6.07 Å².